The Hall–Kier alpha value is -2.34. The Morgan fingerprint density at radius 2 is 1.72 bits per heavy atom. The Labute approximate surface area is 200 Å². The molecule has 1 atom stereocenters. The fourth-order valence-corrected chi connectivity index (χ4v) is 3.76. The van der Waals surface area contributed by atoms with Crippen LogP contribution in [0.3, 0.4) is 0 Å². The van der Waals surface area contributed by atoms with Crippen LogP contribution in [0.1, 0.15) is 43.9 Å². The van der Waals surface area contributed by atoms with E-state index in [4.69, 9.17) is 4.74 Å². The van der Waals surface area contributed by atoms with Gasteiger partial charge in [-0.3, -0.25) is 9.59 Å². The van der Waals surface area contributed by atoms with Crippen LogP contribution >= 0.6 is 15.9 Å². The summed E-state index contributed by atoms with van der Waals surface area (Å²) in [7, 11) is 0. The smallest absolute Gasteiger partial charge is 0.261 e. The largest absolute Gasteiger partial charge is 0.484 e. The maximum absolute atomic E-state index is 13.2. The molecule has 2 aromatic rings. The van der Waals surface area contributed by atoms with Crippen LogP contribution in [0.25, 0.3) is 0 Å². The Morgan fingerprint density at radius 3 is 2.28 bits per heavy atom. The van der Waals surface area contributed by atoms with Gasteiger partial charge >= 0.3 is 0 Å². The van der Waals surface area contributed by atoms with Gasteiger partial charge in [0.2, 0.25) is 5.91 Å². The molecule has 0 aliphatic heterocycles. The molecule has 1 N–H and O–H groups in total. The summed E-state index contributed by atoms with van der Waals surface area (Å²) in [5, 5.41) is 2.98. The van der Waals surface area contributed by atoms with E-state index in [1.165, 1.54) is 0 Å². The average molecular weight is 503 g/mol. The maximum Gasteiger partial charge on any atom is 0.261 e. The van der Waals surface area contributed by atoms with Crippen LogP contribution in [0.2, 0.25) is 0 Å². The Bertz CT molecular complexity index is 876. The lowest BCUT2D eigenvalue weighted by Crippen LogP contribution is -2.51. The number of carbonyl (C=O) groups is 2. The molecule has 0 saturated heterocycles. The molecule has 0 unspecified atom stereocenters. The van der Waals surface area contributed by atoms with E-state index in [9.17, 15) is 9.59 Å². The molecule has 0 fully saturated rings. The van der Waals surface area contributed by atoms with Crippen molar-refractivity contribution >= 4 is 27.7 Å². The molecule has 2 rings (SSSR count). The van der Waals surface area contributed by atoms with E-state index in [1.54, 1.807) is 4.90 Å². The summed E-state index contributed by atoms with van der Waals surface area (Å²) in [4.78, 5) is 27.8. The fourth-order valence-electron chi connectivity index (χ4n) is 3.54. The zero-order valence-electron chi connectivity index (χ0n) is 19.8. The molecule has 0 heterocycles. The highest BCUT2D eigenvalue weighted by Gasteiger charge is 2.28. The number of hydrogen-bond acceptors (Lipinski definition) is 3. The van der Waals surface area contributed by atoms with Gasteiger partial charge in [-0.25, -0.2) is 0 Å². The molecular formula is C26H35BrN2O3. The summed E-state index contributed by atoms with van der Waals surface area (Å²) in [5.41, 5.74) is 3.23. The van der Waals surface area contributed by atoms with Crippen LogP contribution in [0.4, 0.5) is 0 Å². The summed E-state index contributed by atoms with van der Waals surface area (Å²) in [6.45, 7) is 11.0. The molecule has 0 radical (unpaired) electrons. The standard InChI is InChI=1S/C26H35BrN2O3/c1-6-23(26(31)28-16-18(2)3)29(13-12-21-10-8-7-9-11-21)24(30)17-32-22-14-19(4)25(27)20(5)15-22/h7-11,14-15,18,23H,6,12-13,16-17H2,1-5H3,(H,28,31)/t23-/m1/s1. The number of rotatable bonds is 11. The SMILES string of the molecule is CC[C@H](C(=O)NCC(C)C)N(CCc1ccccc1)C(=O)COc1cc(C)c(Br)c(C)c1. The van der Waals surface area contributed by atoms with E-state index in [0.29, 0.717) is 37.6 Å². The fraction of sp³-hybridized carbons (Fsp3) is 0.462. The predicted molar refractivity (Wildman–Crippen MR) is 133 cm³/mol. The molecule has 2 amide bonds. The highest BCUT2D eigenvalue weighted by Crippen LogP contribution is 2.26. The number of ether oxygens (including phenoxy) is 1. The van der Waals surface area contributed by atoms with Gasteiger partial charge in [0.15, 0.2) is 6.61 Å². The van der Waals surface area contributed by atoms with Crippen LogP contribution in [0.5, 0.6) is 5.75 Å². The molecule has 0 spiro atoms. The normalized spacial score (nSPS) is 11.8. The first-order valence-corrected chi connectivity index (χ1v) is 12.0. The summed E-state index contributed by atoms with van der Waals surface area (Å²) in [6.07, 6.45) is 1.22. The molecule has 0 aromatic heterocycles. The topological polar surface area (TPSA) is 58.6 Å². The monoisotopic (exact) mass is 502 g/mol. The highest BCUT2D eigenvalue weighted by molar-refractivity contribution is 9.10. The second kappa shape index (κ2) is 12.6. The molecule has 174 valence electrons. The summed E-state index contributed by atoms with van der Waals surface area (Å²) < 4.78 is 6.88. The second-order valence-corrected chi connectivity index (χ2v) is 9.34. The zero-order valence-corrected chi connectivity index (χ0v) is 21.4. The van der Waals surface area contributed by atoms with E-state index < -0.39 is 6.04 Å². The van der Waals surface area contributed by atoms with E-state index in [1.807, 2.05) is 63.2 Å². The summed E-state index contributed by atoms with van der Waals surface area (Å²) >= 11 is 3.55. The van der Waals surface area contributed by atoms with Gasteiger partial charge in [0.05, 0.1) is 0 Å². The number of nitrogens with one attached hydrogen (secondary N) is 1. The first-order chi connectivity index (χ1) is 15.2. The molecule has 0 saturated carbocycles. The van der Waals surface area contributed by atoms with Crippen LogP contribution in [-0.4, -0.2) is 42.5 Å². The summed E-state index contributed by atoms with van der Waals surface area (Å²) in [5.74, 6) is 0.692. The van der Waals surface area contributed by atoms with Gasteiger partial charge in [0.25, 0.3) is 5.91 Å². The number of halogens is 1. The van der Waals surface area contributed by atoms with Crippen molar-refractivity contribution in [2.75, 3.05) is 19.7 Å². The van der Waals surface area contributed by atoms with Crippen LogP contribution in [0, 0.1) is 19.8 Å². The van der Waals surface area contributed by atoms with Gasteiger partial charge in [-0.05, 0) is 61.4 Å². The van der Waals surface area contributed by atoms with E-state index in [0.717, 1.165) is 21.2 Å². The third-order valence-corrected chi connectivity index (χ3v) is 6.58. The van der Waals surface area contributed by atoms with Crippen molar-refractivity contribution in [1.82, 2.24) is 10.2 Å². The lowest BCUT2D eigenvalue weighted by Gasteiger charge is -2.30. The minimum absolute atomic E-state index is 0.108. The van der Waals surface area contributed by atoms with Crippen molar-refractivity contribution in [2.24, 2.45) is 5.92 Å². The zero-order chi connectivity index (χ0) is 23.7. The molecule has 5 nitrogen and oxygen atoms in total. The van der Waals surface area contributed by atoms with Crippen LogP contribution < -0.4 is 10.1 Å². The Morgan fingerprint density at radius 1 is 1.09 bits per heavy atom. The molecule has 6 heteroatoms. The van der Waals surface area contributed by atoms with Crippen LogP contribution in [0.15, 0.2) is 46.9 Å². The number of nitrogens with zero attached hydrogens (tertiary/aromatic N) is 1. The third kappa shape index (κ3) is 7.66. The minimum atomic E-state index is -0.526. The van der Waals surface area contributed by atoms with Gasteiger partial charge < -0.3 is 15.0 Å². The molecule has 0 aliphatic carbocycles. The van der Waals surface area contributed by atoms with Crippen molar-refractivity contribution in [2.45, 2.75) is 53.5 Å². The van der Waals surface area contributed by atoms with Gasteiger partial charge in [-0.15, -0.1) is 0 Å². The number of benzene rings is 2. The Kier molecular flexibility index (Phi) is 10.2. The van der Waals surface area contributed by atoms with E-state index in [-0.39, 0.29) is 18.4 Å². The van der Waals surface area contributed by atoms with Gasteiger partial charge in [0, 0.05) is 17.6 Å². The lowest BCUT2D eigenvalue weighted by atomic mass is 10.1. The number of hydrogen-bond donors (Lipinski definition) is 1. The number of amides is 2. The lowest BCUT2D eigenvalue weighted by molar-refractivity contribution is -0.142. The predicted octanol–water partition coefficient (Wildman–Crippen LogP) is 5.07. The van der Waals surface area contributed by atoms with Crippen molar-refractivity contribution < 1.29 is 14.3 Å². The minimum Gasteiger partial charge on any atom is -0.484 e. The second-order valence-electron chi connectivity index (χ2n) is 8.55. The van der Waals surface area contributed by atoms with Crippen molar-refractivity contribution in [3.05, 3.63) is 63.6 Å². The molecular weight excluding hydrogens is 468 g/mol. The summed E-state index contributed by atoms with van der Waals surface area (Å²) in [6, 6.07) is 13.3. The van der Waals surface area contributed by atoms with Gasteiger partial charge in [-0.2, -0.15) is 0 Å². The van der Waals surface area contributed by atoms with Crippen molar-refractivity contribution in [3.63, 3.8) is 0 Å². The first-order valence-electron chi connectivity index (χ1n) is 11.2. The van der Waals surface area contributed by atoms with Crippen molar-refractivity contribution in [1.29, 1.82) is 0 Å². The maximum atomic E-state index is 13.2. The average Bonchev–Trinajstić information content (AvgIpc) is 2.77. The van der Waals surface area contributed by atoms with Crippen LogP contribution in [-0.2, 0) is 16.0 Å². The van der Waals surface area contributed by atoms with E-state index in [2.05, 4.69) is 35.1 Å². The van der Waals surface area contributed by atoms with E-state index >= 15 is 0 Å². The molecule has 2 aromatic carbocycles. The number of aryl methyl sites for hydroxylation is 2. The highest BCUT2D eigenvalue weighted by atomic mass is 79.9. The first kappa shape index (κ1) is 25.9. The third-order valence-electron chi connectivity index (χ3n) is 5.33. The molecule has 0 bridgehead atoms. The van der Waals surface area contributed by atoms with Gasteiger partial charge in [-0.1, -0.05) is 67.0 Å². The molecule has 32 heavy (non-hydrogen) atoms. The molecule has 0 aliphatic rings. The Balaban J connectivity index is 2.15. The number of carbonyl (C=O) groups excluding carboxylic acids is 2. The van der Waals surface area contributed by atoms with Gasteiger partial charge in [0.1, 0.15) is 11.8 Å². The quantitative estimate of drug-likeness (QED) is 0.466. The van der Waals surface area contributed by atoms with Crippen molar-refractivity contribution in [3.8, 4) is 5.75 Å².